The maximum absolute atomic E-state index is 3.95. The van der Waals surface area contributed by atoms with Crippen molar-refractivity contribution in [3.63, 3.8) is 0 Å². The Morgan fingerprint density at radius 1 is 1.62 bits per heavy atom. The molecule has 0 aromatic carbocycles. The highest BCUT2D eigenvalue weighted by Gasteiger charge is 2.14. The number of nitrogens with zero attached hydrogens (tertiary/aromatic N) is 3. The Morgan fingerprint density at radius 2 is 2.31 bits per heavy atom. The van der Waals surface area contributed by atoms with Crippen molar-refractivity contribution < 1.29 is 0 Å². The molecule has 0 saturated heterocycles. The number of halogens is 1. The van der Waals surface area contributed by atoms with Crippen molar-refractivity contribution in [1.82, 2.24) is 20.3 Å². The van der Waals surface area contributed by atoms with E-state index in [0.717, 1.165) is 23.3 Å². The number of hydrogen-bond donors (Lipinski definition) is 1. The Labute approximate surface area is 86.8 Å². The van der Waals surface area contributed by atoms with Gasteiger partial charge in [-0.2, -0.15) is 0 Å². The second kappa shape index (κ2) is 4.72. The standard InChI is InChI=1S/C8H15BrN4/c1-6(4-5-10-2)7-8(9)11-12-13(7)3/h6,10H,4-5H2,1-3H3. The molecule has 13 heavy (non-hydrogen) atoms. The van der Waals surface area contributed by atoms with Gasteiger partial charge in [-0.1, -0.05) is 12.1 Å². The second-order valence-corrected chi connectivity index (χ2v) is 3.93. The molecule has 5 heteroatoms. The second-order valence-electron chi connectivity index (χ2n) is 3.18. The van der Waals surface area contributed by atoms with Crippen LogP contribution in [0.3, 0.4) is 0 Å². The van der Waals surface area contributed by atoms with Crippen molar-refractivity contribution >= 4 is 15.9 Å². The number of hydrogen-bond acceptors (Lipinski definition) is 3. The summed E-state index contributed by atoms with van der Waals surface area (Å²) in [5.74, 6) is 0.474. The van der Waals surface area contributed by atoms with Crippen LogP contribution < -0.4 is 5.32 Å². The number of aromatic nitrogens is 3. The normalized spacial score (nSPS) is 13.2. The fourth-order valence-corrected chi connectivity index (χ4v) is 2.08. The average molecular weight is 247 g/mol. The molecule has 0 bridgehead atoms. The van der Waals surface area contributed by atoms with E-state index in [0.29, 0.717) is 5.92 Å². The van der Waals surface area contributed by atoms with Gasteiger partial charge in [0, 0.05) is 13.0 Å². The zero-order chi connectivity index (χ0) is 9.84. The number of nitrogens with one attached hydrogen (secondary N) is 1. The van der Waals surface area contributed by atoms with Crippen molar-refractivity contribution in [2.24, 2.45) is 7.05 Å². The first kappa shape index (κ1) is 10.7. The first-order valence-corrected chi connectivity index (χ1v) is 5.15. The van der Waals surface area contributed by atoms with Gasteiger partial charge in [0.25, 0.3) is 0 Å². The third-order valence-corrected chi connectivity index (χ3v) is 2.69. The lowest BCUT2D eigenvalue weighted by Gasteiger charge is -2.10. The summed E-state index contributed by atoms with van der Waals surface area (Å²) in [5.41, 5.74) is 1.16. The maximum atomic E-state index is 3.95. The van der Waals surface area contributed by atoms with Crippen LogP contribution in [0.4, 0.5) is 0 Å². The highest BCUT2D eigenvalue weighted by molar-refractivity contribution is 9.10. The predicted octanol–water partition coefficient (Wildman–Crippen LogP) is 1.29. The molecule has 0 aliphatic heterocycles. The summed E-state index contributed by atoms with van der Waals surface area (Å²) in [6.07, 6.45) is 1.09. The van der Waals surface area contributed by atoms with E-state index in [4.69, 9.17) is 0 Å². The average Bonchev–Trinajstić information content (AvgIpc) is 2.42. The molecular formula is C8H15BrN4. The molecule has 0 fully saturated rings. The number of rotatable bonds is 4. The van der Waals surface area contributed by atoms with Crippen LogP contribution in [0.1, 0.15) is 25.0 Å². The SMILES string of the molecule is CNCCC(C)c1c(Br)nnn1C. The minimum Gasteiger partial charge on any atom is -0.320 e. The Bertz CT molecular complexity index is 252. The molecule has 0 amide bonds. The quantitative estimate of drug-likeness (QED) is 0.871. The fraction of sp³-hybridized carbons (Fsp3) is 0.750. The van der Waals surface area contributed by atoms with Gasteiger partial charge < -0.3 is 5.32 Å². The van der Waals surface area contributed by atoms with E-state index in [1.165, 1.54) is 0 Å². The maximum Gasteiger partial charge on any atom is 0.151 e. The third-order valence-electron chi connectivity index (χ3n) is 2.12. The molecule has 1 N–H and O–H groups in total. The Morgan fingerprint density at radius 3 is 2.77 bits per heavy atom. The van der Waals surface area contributed by atoms with Gasteiger partial charge in [0.15, 0.2) is 4.60 Å². The Balaban J connectivity index is 2.69. The molecule has 4 nitrogen and oxygen atoms in total. The molecule has 1 aromatic rings. The Kier molecular flexibility index (Phi) is 3.87. The summed E-state index contributed by atoms with van der Waals surface area (Å²) >= 11 is 3.39. The van der Waals surface area contributed by atoms with Crippen molar-refractivity contribution in [2.45, 2.75) is 19.3 Å². The molecule has 0 radical (unpaired) electrons. The first-order valence-electron chi connectivity index (χ1n) is 4.36. The van der Waals surface area contributed by atoms with Crippen LogP contribution in [0.25, 0.3) is 0 Å². The van der Waals surface area contributed by atoms with Gasteiger partial charge in [-0.25, -0.2) is 0 Å². The summed E-state index contributed by atoms with van der Waals surface area (Å²) in [4.78, 5) is 0. The Hall–Kier alpha value is -0.420. The van der Waals surface area contributed by atoms with E-state index in [1.54, 1.807) is 0 Å². The molecule has 0 aliphatic rings. The van der Waals surface area contributed by atoms with Gasteiger partial charge >= 0.3 is 0 Å². The van der Waals surface area contributed by atoms with E-state index < -0.39 is 0 Å². The molecule has 0 spiro atoms. The third kappa shape index (κ3) is 2.51. The van der Waals surface area contributed by atoms with Gasteiger partial charge in [-0.15, -0.1) is 5.10 Å². The van der Waals surface area contributed by atoms with Crippen LogP contribution in [0.2, 0.25) is 0 Å². The van der Waals surface area contributed by atoms with Crippen molar-refractivity contribution in [3.05, 3.63) is 10.3 Å². The molecule has 74 valence electrons. The molecule has 1 aromatic heterocycles. The van der Waals surface area contributed by atoms with Crippen LogP contribution in [-0.2, 0) is 7.05 Å². The van der Waals surface area contributed by atoms with Crippen LogP contribution in [0.5, 0.6) is 0 Å². The van der Waals surface area contributed by atoms with E-state index in [1.807, 2.05) is 18.8 Å². The largest absolute Gasteiger partial charge is 0.320 e. The highest BCUT2D eigenvalue weighted by atomic mass is 79.9. The topological polar surface area (TPSA) is 42.7 Å². The summed E-state index contributed by atoms with van der Waals surface area (Å²) in [7, 11) is 3.88. The predicted molar refractivity (Wildman–Crippen MR) is 55.7 cm³/mol. The van der Waals surface area contributed by atoms with Crippen molar-refractivity contribution in [3.8, 4) is 0 Å². The van der Waals surface area contributed by atoms with E-state index in [9.17, 15) is 0 Å². The van der Waals surface area contributed by atoms with Gasteiger partial charge in [-0.05, 0) is 35.9 Å². The minimum absolute atomic E-state index is 0.474. The van der Waals surface area contributed by atoms with Crippen molar-refractivity contribution in [2.75, 3.05) is 13.6 Å². The fourth-order valence-electron chi connectivity index (χ4n) is 1.36. The summed E-state index contributed by atoms with van der Waals surface area (Å²) < 4.78 is 2.68. The molecule has 1 atom stereocenters. The smallest absolute Gasteiger partial charge is 0.151 e. The molecule has 1 unspecified atom stereocenters. The van der Waals surface area contributed by atoms with Crippen LogP contribution in [0.15, 0.2) is 4.60 Å². The van der Waals surface area contributed by atoms with Crippen molar-refractivity contribution in [1.29, 1.82) is 0 Å². The molecule has 1 heterocycles. The van der Waals surface area contributed by atoms with E-state index in [-0.39, 0.29) is 0 Å². The lowest BCUT2D eigenvalue weighted by Crippen LogP contribution is -2.12. The zero-order valence-corrected chi connectivity index (χ0v) is 9.80. The van der Waals surface area contributed by atoms with Crippen LogP contribution in [0, 0.1) is 0 Å². The first-order chi connectivity index (χ1) is 6.16. The lowest BCUT2D eigenvalue weighted by molar-refractivity contribution is 0.576. The zero-order valence-electron chi connectivity index (χ0n) is 8.21. The van der Waals surface area contributed by atoms with Gasteiger partial charge in [0.1, 0.15) is 0 Å². The molecule has 0 saturated carbocycles. The number of aryl methyl sites for hydroxylation is 1. The van der Waals surface area contributed by atoms with Gasteiger partial charge in [0.05, 0.1) is 5.69 Å². The van der Waals surface area contributed by atoms with Gasteiger partial charge in [-0.3, -0.25) is 4.68 Å². The summed E-state index contributed by atoms with van der Waals surface area (Å²) in [6.45, 7) is 3.19. The van der Waals surface area contributed by atoms with Gasteiger partial charge in [0.2, 0.25) is 0 Å². The lowest BCUT2D eigenvalue weighted by atomic mass is 10.1. The van der Waals surface area contributed by atoms with E-state index in [2.05, 4.69) is 38.5 Å². The van der Waals surface area contributed by atoms with E-state index >= 15 is 0 Å². The molecule has 0 aliphatic carbocycles. The minimum atomic E-state index is 0.474. The summed E-state index contributed by atoms with van der Waals surface area (Å²) in [5, 5.41) is 11.0. The highest BCUT2D eigenvalue weighted by Crippen LogP contribution is 2.23. The summed E-state index contributed by atoms with van der Waals surface area (Å²) in [6, 6.07) is 0. The van der Waals surface area contributed by atoms with Crippen LogP contribution in [-0.4, -0.2) is 28.6 Å². The van der Waals surface area contributed by atoms with Crippen LogP contribution >= 0.6 is 15.9 Å². The molecule has 1 rings (SSSR count). The monoisotopic (exact) mass is 246 g/mol. The molecular weight excluding hydrogens is 232 g/mol.